The Hall–Kier alpha value is -2.30. The molecule has 0 aliphatic rings. The first-order valence-corrected chi connectivity index (χ1v) is 6.65. The molecule has 0 aliphatic heterocycles. The summed E-state index contributed by atoms with van der Waals surface area (Å²) < 4.78 is 23.1. The van der Waals surface area contributed by atoms with E-state index < -0.39 is 0 Å². The molecular formula is C16H18FNO3. The maximum absolute atomic E-state index is 12.9. The van der Waals surface area contributed by atoms with E-state index in [1.54, 1.807) is 19.1 Å². The van der Waals surface area contributed by atoms with E-state index >= 15 is 0 Å². The van der Waals surface area contributed by atoms with Gasteiger partial charge in [0.15, 0.2) is 0 Å². The lowest BCUT2D eigenvalue weighted by Crippen LogP contribution is -2.15. The maximum atomic E-state index is 12.9. The molecule has 2 rings (SSSR count). The van der Waals surface area contributed by atoms with E-state index in [0.29, 0.717) is 24.3 Å². The van der Waals surface area contributed by atoms with Gasteiger partial charge in [0, 0.05) is 11.3 Å². The Labute approximate surface area is 122 Å². The highest BCUT2D eigenvalue weighted by Gasteiger charge is 2.15. The number of halogens is 1. The number of methoxy groups -OCH3 is 2. The minimum Gasteiger partial charge on any atom is -0.488 e. The van der Waals surface area contributed by atoms with E-state index in [1.807, 2.05) is 0 Å². The molecule has 0 aliphatic carbocycles. The Bertz CT molecular complexity index is 677. The molecule has 112 valence electrons. The van der Waals surface area contributed by atoms with Gasteiger partial charge in [0.25, 0.3) is 0 Å². The van der Waals surface area contributed by atoms with Gasteiger partial charge < -0.3 is 14.5 Å². The van der Waals surface area contributed by atoms with Crippen LogP contribution in [-0.4, -0.2) is 19.2 Å². The van der Waals surface area contributed by atoms with Crippen molar-refractivity contribution in [3.05, 3.63) is 57.1 Å². The quantitative estimate of drug-likeness (QED) is 0.921. The molecule has 0 spiro atoms. The van der Waals surface area contributed by atoms with Crippen LogP contribution >= 0.6 is 0 Å². The van der Waals surface area contributed by atoms with E-state index in [0.717, 1.165) is 11.3 Å². The second-order valence-electron chi connectivity index (χ2n) is 4.75. The summed E-state index contributed by atoms with van der Waals surface area (Å²) in [6, 6.07) is 6.34. The van der Waals surface area contributed by atoms with Crippen LogP contribution in [0.3, 0.4) is 0 Å². The molecule has 4 nitrogen and oxygen atoms in total. The fourth-order valence-electron chi connectivity index (χ4n) is 2.20. The van der Waals surface area contributed by atoms with Gasteiger partial charge in [0.1, 0.15) is 5.82 Å². The van der Waals surface area contributed by atoms with Crippen molar-refractivity contribution in [3.8, 4) is 11.6 Å². The van der Waals surface area contributed by atoms with E-state index in [-0.39, 0.29) is 17.0 Å². The third-order valence-electron chi connectivity index (χ3n) is 3.46. The van der Waals surface area contributed by atoms with Crippen LogP contribution in [0, 0.1) is 12.7 Å². The second-order valence-corrected chi connectivity index (χ2v) is 4.75. The first-order chi connectivity index (χ1) is 10.1. The smallest absolute Gasteiger partial charge is 0.238 e. The number of nitrogens with one attached hydrogen (secondary N) is 1. The van der Waals surface area contributed by atoms with Crippen LogP contribution in [0.5, 0.6) is 11.6 Å². The zero-order chi connectivity index (χ0) is 15.4. The van der Waals surface area contributed by atoms with Gasteiger partial charge in [-0.15, -0.1) is 0 Å². The number of pyridine rings is 1. The van der Waals surface area contributed by atoms with Gasteiger partial charge in [0.05, 0.1) is 14.2 Å². The Morgan fingerprint density at radius 2 is 1.76 bits per heavy atom. The Balaban J connectivity index is 2.26. The third-order valence-corrected chi connectivity index (χ3v) is 3.46. The molecule has 0 fully saturated rings. The van der Waals surface area contributed by atoms with E-state index in [4.69, 9.17) is 9.47 Å². The summed E-state index contributed by atoms with van der Waals surface area (Å²) in [7, 11) is 2.91. The molecule has 1 heterocycles. The Morgan fingerprint density at radius 3 is 2.33 bits per heavy atom. The van der Waals surface area contributed by atoms with Gasteiger partial charge in [-0.1, -0.05) is 12.1 Å². The van der Waals surface area contributed by atoms with Crippen molar-refractivity contribution < 1.29 is 13.9 Å². The number of hydrogen-bond acceptors (Lipinski definition) is 3. The summed E-state index contributed by atoms with van der Waals surface area (Å²) in [5.41, 5.74) is 2.23. The Kier molecular flexibility index (Phi) is 4.62. The molecule has 0 saturated heterocycles. The van der Waals surface area contributed by atoms with Gasteiger partial charge in [-0.2, -0.15) is 0 Å². The number of hydrogen-bond donors (Lipinski definition) is 1. The number of aromatic amines is 1. The predicted molar refractivity (Wildman–Crippen MR) is 78.7 cm³/mol. The standard InChI is InChI=1S/C16H18FNO3/c1-10-13(9-6-11-4-7-12(17)8-5-11)18-16(21-3)15(20-2)14(10)19/h4-5,7-8H,6,9H2,1-3H3,(H,18,19)/i17-1. The van der Waals surface area contributed by atoms with Crippen LogP contribution in [0.25, 0.3) is 0 Å². The van der Waals surface area contributed by atoms with Crippen molar-refractivity contribution in [1.29, 1.82) is 0 Å². The number of rotatable bonds is 5. The average Bonchev–Trinajstić information content (AvgIpc) is 2.50. The maximum Gasteiger partial charge on any atom is 0.238 e. The molecule has 0 unspecified atom stereocenters. The lowest BCUT2D eigenvalue weighted by atomic mass is 10.0. The normalized spacial score (nSPS) is 10.5. The highest BCUT2D eigenvalue weighted by molar-refractivity contribution is 5.39. The van der Waals surface area contributed by atoms with Crippen molar-refractivity contribution in [2.75, 3.05) is 14.2 Å². The molecule has 0 amide bonds. The number of ether oxygens (including phenoxy) is 2. The second kappa shape index (κ2) is 6.43. The summed E-state index contributed by atoms with van der Waals surface area (Å²) in [6.07, 6.45) is 1.33. The molecule has 21 heavy (non-hydrogen) atoms. The lowest BCUT2D eigenvalue weighted by molar-refractivity contribution is 0.338. The molecule has 0 bridgehead atoms. The van der Waals surface area contributed by atoms with Crippen LogP contribution in [0.1, 0.15) is 16.8 Å². The molecule has 0 radical (unpaired) electrons. The van der Waals surface area contributed by atoms with Crippen LogP contribution in [0.4, 0.5) is 4.39 Å². The molecule has 1 aromatic heterocycles. The van der Waals surface area contributed by atoms with Crippen molar-refractivity contribution in [3.63, 3.8) is 0 Å². The van der Waals surface area contributed by atoms with Crippen LogP contribution in [-0.2, 0) is 12.8 Å². The van der Waals surface area contributed by atoms with Crippen LogP contribution in [0.2, 0.25) is 0 Å². The Morgan fingerprint density at radius 1 is 1.10 bits per heavy atom. The van der Waals surface area contributed by atoms with Gasteiger partial charge in [0.2, 0.25) is 17.1 Å². The largest absolute Gasteiger partial charge is 0.488 e. The van der Waals surface area contributed by atoms with Crippen molar-refractivity contribution in [2.24, 2.45) is 0 Å². The monoisotopic (exact) mass is 290 g/mol. The molecule has 1 N–H and O–H groups in total. The van der Waals surface area contributed by atoms with Gasteiger partial charge in [-0.25, -0.2) is 4.39 Å². The van der Waals surface area contributed by atoms with E-state index in [1.165, 1.54) is 26.4 Å². The van der Waals surface area contributed by atoms with Gasteiger partial charge in [-0.05, 0) is 37.5 Å². The van der Waals surface area contributed by atoms with Gasteiger partial charge >= 0.3 is 0 Å². The molecule has 5 heteroatoms. The zero-order valence-electron chi connectivity index (χ0n) is 12.3. The van der Waals surface area contributed by atoms with Crippen LogP contribution in [0.15, 0.2) is 29.1 Å². The fraction of sp³-hybridized carbons (Fsp3) is 0.312. The van der Waals surface area contributed by atoms with E-state index in [2.05, 4.69) is 4.98 Å². The topological polar surface area (TPSA) is 51.3 Å². The first-order valence-electron chi connectivity index (χ1n) is 6.65. The first kappa shape index (κ1) is 15.1. The van der Waals surface area contributed by atoms with Crippen molar-refractivity contribution in [2.45, 2.75) is 19.8 Å². The molecule has 0 atom stereocenters. The number of H-pyrrole nitrogens is 1. The summed E-state index contributed by atoms with van der Waals surface area (Å²) >= 11 is 0. The van der Waals surface area contributed by atoms with Crippen molar-refractivity contribution in [1.82, 2.24) is 4.98 Å². The van der Waals surface area contributed by atoms with Crippen LogP contribution < -0.4 is 14.9 Å². The highest BCUT2D eigenvalue weighted by atomic mass is 18.2. The SMILES string of the molecule is COc1[nH]c(CCc2ccc([18F])cc2)c(C)c(=O)c1OC. The van der Waals surface area contributed by atoms with Gasteiger partial charge in [-0.3, -0.25) is 4.79 Å². The average molecular weight is 290 g/mol. The fourth-order valence-corrected chi connectivity index (χ4v) is 2.20. The lowest BCUT2D eigenvalue weighted by Gasteiger charge is -2.12. The highest BCUT2D eigenvalue weighted by Crippen LogP contribution is 2.22. The number of benzene rings is 1. The summed E-state index contributed by atoms with van der Waals surface area (Å²) in [5.74, 6) is 0.247. The zero-order valence-corrected chi connectivity index (χ0v) is 12.3. The number of aryl methyl sites for hydroxylation is 2. The van der Waals surface area contributed by atoms with E-state index in [9.17, 15) is 9.18 Å². The summed E-state index contributed by atoms with van der Waals surface area (Å²) in [6.45, 7) is 1.75. The minimum atomic E-state index is -0.255. The molecular weight excluding hydrogens is 272 g/mol. The summed E-state index contributed by atoms with van der Waals surface area (Å²) in [4.78, 5) is 15.3. The minimum absolute atomic E-state index is 0.179. The molecule has 0 saturated carbocycles. The number of aromatic nitrogens is 1. The third kappa shape index (κ3) is 3.24. The summed E-state index contributed by atoms with van der Waals surface area (Å²) in [5, 5.41) is 0. The molecule has 1 aromatic carbocycles. The van der Waals surface area contributed by atoms with Crippen molar-refractivity contribution >= 4 is 0 Å². The molecule has 2 aromatic rings. The predicted octanol–water partition coefficient (Wildman–Crippen LogP) is 2.62.